The van der Waals surface area contributed by atoms with E-state index < -0.39 is 17.3 Å². The number of nitrogens with one attached hydrogen (secondary N) is 1. The van der Waals surface area contributed by atoms with E-state index in [2.05, 4.69) is 9.97 Å². The maximum atomic E-state index is 14.0. The molecule has 7 nitrogen and oxygen atoms in total. The van der Waals surface area contributed by atoms with Gasteiger partial charge in [0.1, 0.15) is 24.0 Å². The van der Waals surface area contributed by atoms with Gasteiger partial charge < -0.3 is 19.7 Å². The number of H-pyrrole nitrogens is 1. The first-order valence-corrected chi connectivity index (χ1v) is 10.3. The third-order valence-electron chi connectivity index (χ3n) is 5.08. The number of rotatable bonds is 8. The number of aromatic nitrogens is 3. The van der Waals surface area contributed by atoms with Crippen molar-refractivity contribution in [3.8, 4) is 39.7 Å². The molecule has 0 aliphatic rings. The molecule has 4 rings (SSSR count). The molecule has 0 aliphatic heterocycles. The molecule has 2 heterocycles. The summed E-state index contributed by atoms with van der Waals surface area (Å²) in [5, 5.41) is 9.33. The summed E-state index contributed by atoms with van der Waals surface area (Å²) in [5.41, 5.74) is 2.94. The second-order valence-corrected chi connectivity index (χ2v) is 7.72. The van der Waals surface area contributed by atoms with Gasteiger partial charge in [0.15, 0.2) is 0 Å². The van der Waals surface area contributed by atoms with Crippen LogP contribution in [0.5, 0.6) is 5.75 Å². The lowest BCUT2D eigenvalue weighted by Crippen LogP contribution is -2.19. The van der Waals surface area contributed by atoms with Gasteiger partial charge in [0, 0.05) is 35.6 Å². The number of likely N-dealkylation sites (N-methyl/N-ethyl adjacent to an activating group) is 1. The van der Waals surface area contributed by atoms with E-state index in [1.54, 1.807) is 12.4 Å². The lowest BCUT2D eigenvalue weighted by Gasteiger charge is -2.11. The molecule has 33 heavy (non-hydrogen) atoms. The SMILES string of the molecule is CN(C)CCOc1ccc(-c2nc(-c3ccc(F)c(C(=O)O)c3)c(-c3ccncc3)[nH]2)cc1. The smallest absolute Gasteiger partial charge is 0.338 e. The number of halogens is 1. The van der Waals surface area contributed by atoms with E-state index in [1.165, 1.54) is 12.1 Å². The first-order chi connectivity index (χ1) is 15.9. The number of carboxylic acid groups (broad SMARTS) is 1. The van der Waals surface area contributed by atoms with Crippen molar-refractivity contribution < 1.29 is 19.0 Å². The largest absolute Gasteiger partial charge is 0.492 e. The molecule has 0 amide bonds. The van der Waals surface area contributed by atoms with Gasteiger partial charge in [-0.15, -0.1) is 0 Å². The van der Waals surface area contributed by atoms with Gasteiger partial charge in [-0.25, -0.2) is 14.2 Å². The highest BCUT2D eigenvalue weighted by Crippen LogP contribution is 2.34. The summed E-state index contributed by atoms with van der Waals surface area (Å²) in [6.07, 6.45) is 3.32. The van der Waals surface area contributed by atoms with Gasteiger partial charge in [0.25, 0.3) is 0 Å². The summed E-state index contributed by atoms with van der Waals surface area (Å²) >= 11 is 0. The Morgan fingerprint density at radius 1 is 1.03 bits per heavy atom. The topological polar surface area (TPSA) is 91.3 Å². The molecule has 2 aromatic heterocycles. The fraction of sp³-hybridized carbons (Fsp3) is 0.160. The van der Waals surface area contributed by atoms with Crippen LogP contribution < -0.4 is 4.74 Å². The monoisotopic (exact) mass is 446 g/mol. The lowest BCUT2D eigenvalue weighted by molar-refractivity contribution is 0.0692. The second-order valence-electron chi connectivity index (χ2n) is 7.72. The number of carboxylic acids is 1. The van der Waals surface area contributed by atoms with Crippen LogP contribution >= 0.6 is 0 Å². The Bertz CT molecular complexity index is 1250. The normalized spacial score (nSPS) is 11.0. The summed E-state index contributed by atoms with van der Waals surface area (Å²) < 4.78 is 19.7. The summed E-state index contributed by atoms with van der Waals surface area (Å²) in [6, 6.07) is 15.2. The van der Waals surface area contributed by atoms with Crippen LogP contribution in [-0.4, -0.2) is 58.2 Å². The number of aromatic amines is 1. The molecule has 0 saturated heterocycles. The summed E-state index contributed by atoms with van der Waals surface area (Å²) in [7, 11) is 3.98. The van der Waals surface area contributed by atoms with Crippen LogP contribution in [0.3, 0.4) is 0 Å². The molecule has 2 aromatic carbocycles. The Morgan fingerprint density at radius 2 is 1.73 bits per heavy atom. The Kier molecular flexibility index (Phi) is 6.46. The van der Waals surface area contributed by atoms with Crippen molar-refractivity contribution in [2.75, 3.05) is 27.2 Å². The minimum Gasteiger partial charge on any atom is -0.492 e. The third kappa shape index (κ3) is 5.07. The number of benzene rings is 2. The molecule has 8 heteroatoms. The molecular weight excluding hydrogens is 423 g/mol. The lowest BCUT2D eigenvalue weighted by atomic mass is 10.0. The standard InChI is InChI=1S/C25H23FN4O3/c1-30(2)13-14-33-19-6-3-17(4-7-19)24-28-22(16-9-11-27-12-10-16)23(29-24)18-5-8-21(26)20(15-18)25(31)32/h3-12,15H,13-14H2,1-2H3,(H,28,29)(H,31,32). The van der Waals surface area contributed by atoms with Crippen molar-refractivity contribution >= 4 is 5.97 Å². The van der Waals surface area contributed by atoms with E-state index in [9.17, 15) is 14.3 Å². The quantitative estimate of drug-likeness (QED) is 0.412. The van der Waals surface area contributed by atoms with Crippen LogP contribution in [0.25, 0.3) is 33.9 Å². The van der Waals surface area contributed by atoms with E-state index in [4.69, 9.17) is 9.72 Å². The van der Waals surface area contributed by atoms with Gasteiger partial charge in [0.2, 0.25) is 0 Å². The van der Waals surface area contributed by atoms with E-state index in [0.29, 0.717) is 29.4 Å². The van der Waals surface area contributed by atoms with E-state index in [0.717, 1.165) is 29.5 Å². The first kappa shape index (κ1) is 22.2. The highest BCUT2D eigenvalue weighted by atomic mass is 19.1. The summed E-state index contributed by atoms with van der Waals surface area (Å²) in [5.74, 6) is -0.776. The predicted octanol–water partition coefficient (Wildman–Crippen LogP) is 4.58. The highest BCUT2D eigenvalue weighted by Gasteiger charge is 2.18. The number of carbonyl (C=O) groups is 1. The molecular formula is C25H23FN4O3. The van der Waals surface area contributed by atoms with Gasteiger partial charge in [-0.2, -0.15) is 0 Å². The number of hydrogen-bond donors (Lipinski definition) is 2. The summed E-state index contributed by atoms with van der Waals surface area (Å²) in [6.45, 7) is 1.40. The van der Waals surface area contributed by atoms with Crippen LogP contribution in [-0.2, 0) is 0 Å². The molecule has 0 radical (unpaired) electrons. The van der Waals surface area contributed by atoms with Crippen molar-refractivity contribution in [2.24, 2.45) is 0 Å². The number of pyridine rings is 1. The van der Waals surface area contributed by atoms with Crippen molar-refractivity contribution in [3.05, 3.63) is 78.4 Å². The van der Waals surface area contributed by atoms with Crippen LogP contribution in [0.2, 0.25) is 0 Å². The first-order valence-electron chi connectivity index (χ1n) is 10.3. The van der Waals surface area contributed by atoms with Gasteiger partial charge in [-0.3, -0.25) is 4.98 Å². The highest BCUT2D eigenvalue weighted by molar-refractivity contribution is 5.91. The minimum absolute atomic E-state index is 0.406. The van der Waals surface area contributed by atoms with Crippen LogP contribution in [0.4, 0.5) is 4.39 Å². The van der Waals surface area contributed by atoms with Crippen LogP contribution in [0.15, 0.2) is 67.0 Å². The molecule has 0 atom stereocenters. The van der Waals surface area contributed by atoms with Crippen molar-refractivity contribution in [1.82, 2.24) is 19.9 Å². The van der Waals surface area contributed by atoms with E-state index in [-0.39, 0.29) is 0 Å². The maximum absolute atomic E-state index is 14.0. The fourth-order valence-electron chi connectivity index (χ4n) is 3.34. The molecule has 4 aromatic rings. The zero-order chi connectivity index (χ0) is 23.4. The maximum Gasteiger partial charge on any atom is 0.338 e. The minimum atomic E-state index is -1.33. The van der Waals surface area contributed by atoms with Crippen molar-refractivity contribution in [3.63, 3.8) is 0 Å². The van der Waals surface area contributed by atoms with Crippen molar-refractivity contribution in [2.45, 2.75) is 0 Å². The number of ether oxygens (including phenoxy) is 1. The van der Waals surface area contributed by atoms with Gasteiger partial charge in [0.05, 0.1) is 17.0 Å². The zero-order valence-electron chi connectivity index (χ0n) is 18.2. The van der Waals surface area contributed by atoms with E-state index >= 15 is 0 Å². The van der Waals surface area contributed by atoms with Gasteiger partial charge in [-0.05, 0) is 68.7 Å². The zero-order valence-corrected chi connectivity index (χ0v) is 18.2. The van der Waals surface area contributed by atoms with Crippen LogP contribution in [0.1, 0.15) is 10.4 Å². The predicted molar refractivity (Wildman–Crippen MR) is 124 cm³/mol. The average molecular weight is 446 g/mol. The van der Waals surface area contributed by atoms with Gasteiger partial charge >= 0.3 is 5.97 Å². The van der Waals surface area contributed by atoms with Crippen LogP contribution in [0, 0.1) is 5.82 Å². The number of nitrogens with zero attached hydrogens (tertiary/aromatic N) is 3. The Labute approximate surface area is 190 Å². The molecule has 0 bridgehead atoms. The molecule has 0 saturated carbocycles. The number of imidazole rings is 1. The Hall–Kier alpha value is -4.04. The molecule has 2 N–H and O–H groups in total. The number of aromatic carboxylic acids is 1. The Morgan fingerprint density at radius 3 is 2.39 bits per heavy atom. The van der Waals surface area contributed by atoms with Gasteiger partial charge in [-0.1, -0.05) is 0 Å². The van der Waals surface area contributed by atoms with E-state index in [1.807, 2.05) is 55.4 Å². The second kappa shape index (κ2) is 9.62. The fourth-order valence-corrected chi connectivity index (χ4v) is 3.34. The molecule has 0 unspecified atom stereocenters. The Balaban J connectivity index is 1.72. The molecule has 168 valence electrons. The third-order valence-corrected chi connectivity index (χ3v) is 5.08. The molecule has 0 fully saturated rings. The average Bonchev–Trinajstić information content (AvgIpc) is 3.25. The molecule has 0 aliphatic carbocycles. The number of hydrogen-bond acceptors (Lipinski definition) is 5. The summed E-state index contributed by atoms with van der Waals surface area (Å²) in [4.78, 5) is 25.6. The van der Waals surface area contributed by atoms with Crippen molar-refractivity contribution in [1.29, 1.82) is 0 Å². The molecule has 0 spiro atoms.